The minimum atomic E-state index is -0.655. The summed E-state index contributed by atoms with van der Waals surface area (Å²) in [7, 11) is 0. The van der Waals surface area contributed by atoms with E-state index < -0.39 is 5.41 Å². The number of aromatic nitrogens is 2. The minimum absolute atomic E-state index is 0.0219. The molecule has 0 aromatic carbocycles. The molecule has 4 rings (SSSR count). The Morgan fingerprint density at radius 3 is 2.87 bits per heavy atom. The highest BCUT2D eigenvalue weighted by molar-refractivity contribution is 7.13. The van der Waals surface area contributed by atoms with Gasteiger partial charge in [-0.25, -0.2) is 4.98 Å². The van der Waals surface area contributed by atoms with Gasteiger partial charge in [-0.05, 0) is 31.9 Å². The van der Waals surface area contributed by atoms with Crippen LogP contribution in [0.15, 0.2) is 24.5 Å². The molecular weight excluding hydrogens is 420 g/mol. The van der Waals surface area contributed by atoms with Gasteiger partial charge in [-0.15, -0.1) is 11.3 Å². The standard InChI is InChI=1S/C20H24N4O3S.CH2O2/c1-13-17(28-14(2)23-13)18(25)24-9-16-10-27-12-20(16,11-24)19(26)22-7-5-15-4-3-6-21-8-15;2-1-3/h3-4,6,8,16H,5,7,9-12H2,1-2H3,(H,22,26);1H,(H,2,3)/t16-,20-;/m0./s1. The number of nitrogens with zero attached hydrogens (tertiary/aromatic N) is 3. The third-order valence-electron chi connectivity index (χ3n) is 5.63. The van der Waals surface area contributed by atoms with Crippen molar-refractivity contribution in [3.8, 4) is 0 Å². The molecule has 2 aromatic heterocycles. The van der Waals surface area contributed by atoms with Crippen molar-refractivity contribution in [3.05, 3.63) is 45.7 Å². The monoisotopic (exact) mass is 446 g/mol. The highest BCUT2D eigenvalue weighted by atomic mass is 32.1. The van der Waals surface area contributed by atoms with Crippen LogP contribution in [-0.4, -0.2) is 71.1 Å². The normalized spacial score (nSPS) is 21.7. The lowest BCUT2D eigenvalue weighted by atomic mass is 9.80. The molecule has 0 aliphatic carbocycles. The van der Waals surface area contributed by atoms with E-state index in [4.69, 9.17) is 14.6 Å². The van der Waals surface area contributed by atoms with Crippen molar-refractivity contribution in [1.82, 2.24) is 20.2 Å². The van der Waals surface area contributed by atoms with Gasteiger partial charge in [0.1, 0.15) is 4.88 Å². The van der Waals surface area contributed by atoms with Crippen LogP contribution in [0.2, 0.25) is 0 Å². The first kappa shape index (κ1) is 22.8. The summed E-state index contributed by atoms with van der Waals surface area (Å²) in [5, 5.41) is 10.8. The first-order chi connectivity index (χ1) is 14.9. The zero-order chi connectivity index (χ0) is 22.4. The molecule has 10 heteroatoms. The van der Waals surface area contributed by atoms with Gasteiger partial charge in [0.25, 0.3) is 12.4 Å². The third kappa shape index (κ3) is 4.91. The molecule has 2 saturated heterocycles. The average molecular weight is 447 g/mol. The van der Waals surface area contributed by atoms with Crippen LogP contribution in [0.4, 0.5) is 0 Å². The summed E-state index contributed by atoms with van der Waals surface area (Å²) in [5.41, 5.74) is 1.19. The molecule has 0 spiro atoms. The zero-order valence-electron chi connectivity index (χ0n) is 17.5. The number of carbonyl (C=O) groups excluding carboxylic acids is 2. The van der Waals surface area contributed by atoms with E-state index in [9.17, 15) is 9.59 Å². The summed E-state index contributed by atoms with van der Waals surface area (Å²) in [4.78, 5) is 45.3. The molecule has 2 aromatic rings. The number of thiazole rings is 1. The van der Waals surface area contributed by atoms with E-state index >= 15 is 0 Å². The quantitative estimate of drug-likeness (QED) is 0.664. The van der Waals surface area contributed by atoms with E-state index in [0.717, 1.165) is 22.7 Å². The van der Waals surface area contributed by atoms with E-state index in [0.29, 0.717) is 37.7 Å². The summed E-state index contributed by atoms with van der Waals surface area (Å²) < 4.78 is 5.64. The van der Waals surface area contributed by atoms with Crippen molar-refractivity contribution in [2.75, 3.05) is 32.8 Å². The van der Waals surface area contributed by atoms with E-state index in [1.807, 2.05) is 26.0 Å². The molecule has 2 aliphatic heterocycles. The zero-order valence-corrected chi connectivity index (χ0v) is 18.4. The van der Waals surface area contributed by atoms with Crippen LogP contribution in [0, 0.1) is 25.2 Å². The maximum Gasteiger partial charge on any atom is 0.290 e. The van der Waals surface area contributed by atoms with Gasteiger partial charge in [0.2, 0.25) is 5.91 Å². The van der Waals surface area contributed by atoms with Crippen LogP contribution in [0.3, 0.4) is 0 Å². The summed E-state index contributed by atoms with van der Waals surface area (Å²) in [5.74, 6) is -0.0180. The highest BCUT2D eigenvalue weighted by Gasteiger charge is 2.56. The van der Waals surface area contributed by atoms with Gasteiger partial charge in [0.05, 0.1) is 29.3 Å². The SMILES string of the molecule is Cc1nc(C)c(C(=O)N2C[C@H]3COC[C@@]3(C(=O)NCCc3cccnc3)C2)s1.O=CO. The fourth-order valence-corrected chi connectivity index (χ4v) is 5.01. The van der Waals surface area contributed by atoms with Gasteiger partial charge in [-0.3, -0.25) is 19.4 Å². The fraction of sp³-hybridized carbons (Fsp3) is 0.476. The number of carbonyl (C=O) groups is 3. The number of hydrogen-bond acceptors (Lipinski definition) is 7. The number of rotatable bonds is 5. The van der Waals surface area contributed by atoms with Gasteiger partial charge in [0.15, 0.2) is 0 Å². The van der Waals surface area contributed by atoms with Gasteiger partial charge < -0.3 is 20.1 Å². The average Bonchev–Trinajstić information content (AvgIpc) is 3.41. The second-order valence-corrected chi connectivity index (χ2v) is 8.88. The molecule has 2 atom stereocenters. The van der Waals surface area contributed by atoms with E-state index in [2.05, 4.69) is 15.3 Å². The fourth-order valence-electron chi connectivity index (χ4n) is 4.13. The summed E-state index contributed by atoms with van der Waals surface area (Å²) >= 11 is 1.42. The Labute approximate surface area is 184 Å². The number of amides is 2. The second kappa shape index (κ2) is 9.97. The Morgan fingerprint density at radius 1 is 1.45 bits per heavy atom. The molecule has 9 nitrogen and oxygen atoms in total. The number of ether oxygens (including phenoxy) is 1. The molecule has 0 bridgehead atoms. The Balaban J connectivity index is 0.000000858. The molecule has 4 heterocycles. The first-order valence-electron chi connectivity index (χ1n) is 9.97. The Hall–Kier alpha value is -2.85. The van der Waals surface area contributed by atoms with Crippen molar-refractivity contribution < 1.29 is 24.2 Å². The van der Waals surface area contributed by atoms with Gasteiger partial charge in [-0.1, -0.05) is 6.07 Å². The molecule has 2 N–H and O–H groups in total. The molecule has 2 aliphatic rings. The smallest absolute Gasteiger partial charge is 0.290 e. The van der Waals surface area contributed by atoms with Crippen LogP contribution in [0.25, 0.3) is 0 Å². The number of nitrogens with one attached hydrogen (secondary N) is 1. The lowest BCUT2D eigenvalue weighted by molar-refractivity contribution is -0.131. The number of pyridine rings is 1. The number of aryl methyl sites for hydroxylation is 2. The largest absolute Gasteiger partial charge is 0.483 e. The number of hydrogen-bond donors (Lipinski definition) is 2. The summed E-state index contributed by atoms with van der Waals surface area (Å²) in [6.45, 7) is 5.87. The summed E-state index contributed by atoms with van der Waals surface area (Å²) in [6, 6.07) is 3.88. The lowest BCUT2D eigenvalue weighted by Gasteiger charge is -2.26. The third-order valence-corrected chi connectivity index (χ3v) is 6.69. The molecular formula is C21H26N4O5S. The highest BCUT2D eigenvalue weighted by Crippen LogP contribution is 2.42. The van der Waals surface area contributed by atoms with Crippen molar-refractivity contribution in [3.63, 3.8) is 0 Å². The Kier molecular flexibility index (Phi) is 7.34. The second-order valence-electron chi connectivity index (χ2n) is 7.67. The molecule has 31 heavy (non-hydrogen) atoms. The van der Waals surface area contributed by atoms with Crippen molar-refractivity contribution in [2.45, 2.75) is 20.3 Å². The molecule has 0 unspecified atom stereocenters. The van der Waals surface area contributed by atoms with Gasteiger partial charge >= 0.3 is 0 Å². The van der Waals surface area contributed by atoms with E-state index in [1.54, 1.807) is 17.3 Å². The summed E-state index contributed by atoms with van der Waals surface area (Å²) in [6.07, 6.45) is 4.27. The van der Waals surface area contributed by atoms with Crippen LogP contribution in [0.1, 0.15) is 25.9 Å². The van der Waals surface area contributed by atoms with E-state index in [-0.39, 0.29) is 24.2 Å². The molecule has 0 saturated carbocycles. The number of carboxylic acid groups (broad SMARTS) is 1. The number of likely N-dealkylation sites (tertiary alicyclic amines) is 1. The molecule has 166 valence electrons. The van der Waals surface area contributed by atoms with Crippen molar-refractivity contribution in [2.24, 2.45) is 11.3 Å². The maximum absolute atomic E-state index is 13.1. The maximum atomic E-state index is 13.1. The van der Waals surface area contributed by atoms with Crippen LogP contribution in [0.5, 0.6) is 0 Å². The predicted octanol–water partition coefficient (Wildman–Crippen LogP) is 1.30. The van der Waals surface area contributed by atoms with Gasteiger partial charge in [-0.2, -0.15) is 0 Å². The van der Waals surface area contributed by atoms with Crippen LogP contribution >= 0.6 is 11.3 Å². The lowest BCUT2D eigenvalue weighted by Crippen LogP contribution is -2.47. The van der Waals surface area contributed by atoms with Crippen LogP contribution in [-0.2, 0) is 20.7 Å². The number of fused-ring (bicyclic) bond motifs is 1. The minimum Gasteiger partial charge on any atom is -0.483 e. The van der Waals surface area contributed by atoms with Crippen molar-refractivity contribution >= 4 is 29.6 Å². The molecule has 2 amide bonds. The molecule has 0 radical (unpaired) electrons. The Bertz CT molecular complexity index is 935. The predicted molar refractivity (Wildman–Crippen MR) is 114 cm³/mol. The van der Waals surface area contributed by atoms with Crippen molar-refractivity contribution in [1.29, 1.82) is 0 Å². The first-order valence-corrected chi connectivity index (χ1v) is 10.8. The van der Waals surface area contributed by atoms with Gasteiger partial charge in [0, 0.05) is 37.9 Å². The Morgan fingerprint density at radius 2 is 2.23 bits per heavy atom. The van der Waals surface area contributed by atoms with E-state index in [1.165, 1.54) is 11.3 Å². The topological polar surface area (TPSA) is 122 Å². The molecule has 2 fully saturated rings. The van der Waals surface area contributed by atoms with Crippen LogP contribution < -0.4 is 5.32 Å².